The molecule has 0 spiro atoms. The van der Waals surface area contributed by atoms with Gasteiger partial charge in [0.1, 0.15) is 0 Å². The van der Waals surface area contributed by atoms with Crippen molar-refractivity contribution in [3.05, 3.63) is 52.4 Å². The monoisotopic (exact) mass is 341 g/mol. The Bertz CT molecular complexity index is 793. The molecule has 0 bridgehead atoms. The van der Waals surface area contributed by atoms with E-state index in [1.807, 2.05) is 18.5 Å². The van der Waals surface area contributed by atoms with Crippen LogP contribution in [0.4, 0.5) is 0 Å². The lowest BCUT2D eigenvalue weighted by Gasteiger charge is -2.08. The predicted octanol–water partition coefficient (Wildman–Crippen LogP) is 4.45. The predicted molar refractivity (Wildman–Crippen MR) is 87.8 cm³/mol. The smallest absolute Gasteiger partial charge is 0.234 e. The molecule has 0 fully saturated rings. The summed E-state index contributed by atoms with van der Waals surface area (Å²) in [6.07, 6.45) is 9.72. The van der Waals surface area contributed by atoms with E-state index in [1.54, 1.807) is 0 Å². The van der Waals surface area contributed by atoms with E-state index in [0.29, 0.717) is 0 Å². The Kier molecular flexibility index (Phi) is 3.26. The molecule has 0 saturated heterocycles. The Balaban J connectivity index is 2.07. The highest BCUT2D eigenvalue weighted by molar-refractivity contribution is 9.10. The van der Waals surface area contributed by atoms with Crippen LogP contribution in [0.1, 0.15) is 30.5 Å². The van der Waals surface area contributed by atoms with E-state index in [1.165, 1.54) is 41.4 Å². The second kappa shape index (κ2) is 5.26. The Morgan fingerprint density at radius 1 is 1.00 bits per heavy atom. The molecular formula is C17H16BrN3. The van der Waals surface area contributed by atoms with Gasteiger partial charge in [0.2, 0.25) is 5.95 Å². The number of hydrogen-bond acceptors (Lipinski definition) is 2. The molecule has 1 aromatic carbocycles. The summed E-state index contributed by atoms with van der Waals surface area (Å²) < 4.78 is 3.38. The fourth-order valence-corrected chi connectivity index (χ4v) is 3.69. The summed E-state index contributed by atoms with van der Waals surface area (Å²) in [5.74, 6) is 0.785. The normalized spacial score (nSPS) is 14.9. The summed E-state index contributed by atoms with van der Waals surface area (Å²) in [6.45, 7) is 0. The number of aryl methyl sites for hydroxylation is 1. The van der Waals surface area contributed by atoms with Crippen LogP contribution in [0.3, 0.4) is 0 Å². The summed E-state index contributed by atoms with van der Waals surface area (Å²) in [5, 5.41) is 1.34. The zero-order valence-electron chi connectivity index (χ0n) is 11.7. The summed E-state index contributed by atoms with van der Waals surface area (Å²) >= 11 is 3.60. The minimum atomic E-state index is 0.785. The summed E-state index contributed by atoms with van der Waals surface area (Å²) in [6, 6.07) is 8.37. The molecule has 106 valence electrons. The van der Waals surface area contributed by atoms with E-state index in [9.17, 15) is 0 Å². The maximum atomic E-state index is 4.47. The molecule has 2 heterocycles. The Morgan fingerprint density at radius 3 is 2.67 bits per heavy atom. The average molecular weight is 342 g/mol. The van der Waals surface area contributed by atoms with Crippen molar-refractivity contribution in [2.75, 3.05) is 0 Å². The van der Waals surface area contributed by atoms with E-state index in [4.69, 9.17) is 0 Å². The van der Waals surface area contributed by atoms with Gasteiger partial charge >= 0.3 is 0 Å². The first-order valence-electron chi connectivity index (χ1n) is 7.44. The van der Waals surface area contributed by atoms with E-state index in [0.717, 1.165) is 23.3 Å². The quantitative estimate of drug-likeness (QED) is 0.612. The summed E-state index contributed by atoms with van der Waals surface area (Å²) in [5.41, 5.74) is 4.10. The number of hydrogen-bond donors (Lipinski definition) is 0. The molecule has 3 nitrogen and oxygen atoms in total. The van der Waals surface area contributed by atoms with E-state index in [2.05, 4.69) is 48.7 Å². The maximum Gasteiger partial charge on any atom is 0.234 e. The Labute approximate surface area is 132 Å². The van der Waals surface area contributed by atoms with Crippen LogP contribution in [0.15, 0.2) is 41.1 Å². The average Bonchev–Trinajstić information content (AvgIpc) is 2.66. The van der Waals surface area contributed by atoms with E-state index in [-0.39, 0.29) is 0 Å². The third-order valence-electron chi connectivity index (χ3n) is 4.24. The van der Waals surface area contributed by atoms with Gasteiger partial charge in [0.15, 0.2) is 0 Å². The molecule has 1 aliphatic rings. The van der Waals surface area contributed by atoms with Crippen molar-refractivity contribution in [2.45, 2.75) is 32.1 Å². The molecule has 0 N–H and O–H groups in total. The molecular weight excluding hydrogens is 326 g/mol. The number of benzene rings is 1. The lowest BCUT2D eigenvalue weighted by atomic mass is 10.1. The third-order valence-corrected chi connectivity index (χ3v) is 4.73. The van der Waals surface area contributed by atoms with Crippen LogP contribution in [-0.4, -0.2) is 14.5 Å². The Morgan fingerprint density at radius 2 is 1.81 bits per heavy atom. The van der Waals surface area contributed by atoms with Crippen molar-refractivity contribution in [3.8, 4) is 5.95 Å². The molecule has 21 heavy (non-hydrogen) atoms. The third kappa shape index (κ3) is 2.18. The van der Waals surface area contributed by atoms with Gasteiger partial charge in [-0.1, -0.05) is 22.4 Å². The van der Waals surface area contributed by atoms with Gasteiger partial charge in [-0.25, -0.2) is 9.97 Å². The molecule has 4 rings (SSSR count). The minimum absolute atomic E-state index is 0.785. The zero-order valence-corrected chi connectivity index (χ0v) is 13.3. The van der Waals surface area contributed by atoms with Gasteiger partial charge in [0, 0.05) is 27.9 Å². The highest BCUT2D eigenvalue weighted by atomic mass is 79.9. The lowest BCUT2D eigenvalue weighted by Crippen LogP contribution is -2.05. The van der Waals surface area contributed by atoms with Crippen LogP contribution >= 0.6 is 15.9 Å². The standard InChI is InChI=1S/C17H16BrN3/c18-12-7-8-16-14(11-12)13-5-2-1-3-6-15(13)21(16)17-19-9-4-10-20-17/h4,7-11H,1-3,5-6H2. The zero-order chi connectivity index (χ0) is 14.2. The van der Waals surface area contributed by atoms with Crippen molar-refractivity contribution in [1.29, 1.82) is 0 Å². The second-order valence-electron chi connectivity index (χ2n) is 5.53. The first-order chi connectivity index (χ1) is 10.3. The van der Waals surface area contributed by atoms with Crippen LogP contribution in [0.2, 0.25) is 0 Å². The van der Waals surface area contributed by atoms with Crippen molar-refractivity contribution in [2.24, 2.45) is 0 Å². The number of aromatic nitrogens is 3. The number of halogens is 1. The van der Waals surface area contributed by atoms with Crippen LogP contribution in [0.25, 0.3) is 16.9 Å². The molecule has 0 saturated carbocycles. The van der Waals surface area contributed by atoms with Crippen molar-refractivity contribution in [3.63, 3.8) is 0 Å². The van der Waals surface area contributed by atoms with Gasteiger partial charge < -0.3 is 0 Å². The number of fused-ring (bicyclic) bond motifs is 3. The van der Waals surface area contributed by atoms with Crippen molar-refractivity contribution < 1.29 is 0 Å². The van der Waals surface area contributed by atoms with Crippen LogP contribution in [-0.2, 0) is 12.8 Å². The molecule has 0 atom stereocenters. The first-order valence-corrected chi connectivity index (χ1v) is 8.23. The molecule has 0 radical (unpaired) electrons. The SMILES string of the molecule is Brc1ccc2c(c1)c1c(n2-c2ncccn2)CCCCC1. The van der Waals surface area contributed by atoms with Crippen molar-refractivity contribution in [1.82, 2.24) is 14.5 Å². The van der Waals surface area contributed by atoms with E-state index < -0.39 is 0 Å². The lowest BCUT2D eigenvalue weighted by molar-refractivity contribution is 0.702. The highest BCUT2D eigenvalue weighted by Crippen LogP contribution is 2.34. The summed E-state index contributed by atoms with van der Waals surface area (Å²) in [4.78, 5) is 8.95. The van der Waals surface area contributed by atoms with Gasteiger partial charge in [-0.05, 0) is 55.5 Å². The van der Waals surface area contributed by atoms with Crippen LogP contribution in [0.5, 0.6) is 0 Å². The van der Waals surface area contributed by atoms with Crippen LogP contribution < -0.4 is 0 Å². The van der Waals surface area contributed by atoms with Crippen LogP contribution in [0, 0.1) is 0 Å². The minimum Gasteiger partial charge on any atom is -0.282 e. The number of nitrogens with zero attached hydrogens (tertiary/aromatic N) is 3. The fraction of sp³-hybridized carbons (Fsp3) is 0.294. The maximum absolute atomic E-state index is 4.47. The molecule has 1 aliphatic carbocycles. The molecule has 0 aliphatic heterocycles. The molecule has 4 heteroatoms. The second-order valence-corrected chi connectivity index (χ2v) is 6.45. The van der Waals surface area contributed by atoms with Crippen molar-refractivity contribution >= 4 is 26.8 Å². The Hall–Kier alpha value is -1.68. The molecule has 0 amide bonds. The summed E-state index contributed by atoms with van der Waals surface area (Å²) in [7, 11) is 0. The molecule has 2 aromatic heterocycles. The van der Waals surface area contributed by atoms with Gasteiger partial charge in [-0.3, -0.25) is 4.57 Å². The fourth-order valence-electron chi connectivity index (χ4n) is 3.33. The van der Waals surface area contributed by atoms with Gasteiger partial charge in [0.05, 0.1) is 5.52 Å². The van der Waals surface area contributed by atoms with Gasteiger partial charge in [-0.15, -0.1) is 0 Å². The van der Waals surface area contributed by atoms with Gasteiger partial charge in [0.25, 0.3) is 0 Å². The molecule has 3 aromatic rings. The first kappa shape index (κ1) is 13.0. The topological polar surface area (TPSA) is 30.7 Å². The highest BCUT2D eigenvalue weighted by Gasteiger charge is 2.20. The molecule has 0 unspecified atom stereocenters. The van der Waals surface area contributed by atoms with Gasteiger partial charge in [-0.2, -0.15) is 0 Å². The van der Waals surface area contributed by atoms with E-state index >= 15 is 0 Å². The number of rotatable bonds is 1. The largest absolute Gasteiger partial charge is 0.282 e.